The van der Waals surface area contributed by atoms with E-state index < -0.39 is 0 Å². The smallest absolute Gasteiger partial charge is 0.327 e. The van der Waals surface area contributed by atoms with Crippen LogP contribution >= 0.6 is 11.8 Å². The van der Waals surface area contributed by atoms with E-state index in [1.54, 1.807) is 0 Å². The van der Waals surface area contributed by atoms with Crippen molar-refractivity contribution < 1.29 is 9.53 Å². The second kappa shape index (κ2) is 6.71. The zero-order valence-corrected chi connectivity index (χ0v) is 13.4. The third-order valence-electron chi connectivity index (χ3n) is 3.19. The van der Waals surface area contributed by atoms with Crippen LogP contribution in [0.3, 0.4) is 0 Å². The maximum absolute atomic E-state index is 11.3. The monoisotopic (exact) mass is 306 g/mol. The van der Waals surface area contributed by atoms with E-state index in [9.17, 15) is 4.79 Å². The van der Waals surface area contributed by atoms with Gasteiger partial charge in [0.1, 0.15) is 6.54 Å². The molecule has 6 nitrogen and oxygen atoms in total. The van der Waals surface area contributed by atoms with Crippen LogP contribution in [0.25, 0.3) is 0 Å². The van der Waals surface area contributed by atoms with Gasteiger partial charge in [0.05, 0.1) is 7.11 Å². The number of hydrogen-bond donors (Lipinski definition) is 0. The molecule has 0 amide bonds. The summed E-state index contributed by atoms with van der Waals surface area (Å²) in [6, 6.07) is 4.33. The van der Waals surface area contributed by atoms with Gasteiger partial charge in [0.2, 0.25) is 5.16 Å². The Morgan fingerprint density at radius 3 is 2.57 bits per heavy atom. The lowest BCUT2D eigenvalue weighted by atomic mass is 10.0. The molecule has 0 aliphatic rings. The second-order valence-electron chi connectivity index (χ2n) is 4.86. The normalized spacial score (nSPS) is 10.7. The molecule has 2 aromatic rings. The highest BCUT2D eigenvalue weighted by atomic mass is 32.2. The predicted molar refractivity (Wildman–Crippen MR) is 80.0 cm³/mol. The Hall–Kier alpha value is -1.89. The van der Waals surface area contributed by atoms with Crippen molar-refractivity contribution in [3.05, 3.63) is 34.4 Å². The van der Waals surface area contributed by atoms with Gasteiger partial charge in [0.25, 0.3) is 0 Å². The van der Waals surface area contributed by atoms with Crippen molar-refractivity contribution in [2.24, 2.45) is 0 Å². The van der Waals surface area contributed by atoms with Crippen LogP contribution in [0.15, 0.2) is 17.3 Å². The Morgan fingerprint density at radius 1 is 1.29 bits per heavy atom. The Morgan fingerprint density at radius 2 is 1.95 bits per heavy atom. The van der Waals surface area contributed by atoms with Crippen molar-refractivity contribution in [3.63, 3.8) is 0 Å². The van der Waals surface area contributed by atoms with Crippen molar-refractivity contribution in [1.82, 2.24) is 20.2 Å². The molecule has 0 spiro atoms. The van der Waals surface area contributed by atoms with E-state index in [1.807, 2.05) is 0 Å². The van der Waals surface area contributed by atoms with Crippen LogP contribution < -0.4 is 0 Å². The number of methoxy groups -OCH3 is 1. The number of hydrogen-bond acceptors (Lipinski definition) is 6. The maximum atomic E-state index is 11.3. The number of benzene rings is 1. The lowest BCUT2D eigenvalue weighted by Crippen LogP contribution is -2.13. The SMILES string of the molecule is COC(=O)Cn1nnnc1SCc1c(C)cc(C)cc1C. The molecule has 0 atom stereocenters. The number of tetrazole rings is 1. The first kappa shape index (κ1) is 15.5. The molecule has 0 fully saturated rings. The summed E-state index contributed by atoms with van der Waals surface area (Å²) in [6.07, 6.45) is 0. The molecule has 112 valence electrons. The minimum Gasteiger partial charge on any atom is -0.468 e. The van der Waals surface area contributed by atoms with Crippen LogP contribution in [0, 0.1) is 20.8 Å². The fourth-order valence-corrected chi connectivity index (χ4v) is 3.23. The number of ether oxygens (including phenoxy) is 1. The van der Waals surface area contributed by atoms with E-state index in [-0.39, 0.29) is 12.5 Å². The molecule has 0 aliphatic carbocycles. The van der Waals surface area contributed by atoms with E-state index >= 15 is 0 Å². The van der Waals surface area contributed by atoms with E-state index in [2.05, 4.69) is 53.2 Å². The molecule has 21 heavy (non-hydrogen) atoms. The summed E-state index contributed by atoms with van der Waals surface area (Å²) in [5.41, 5.74) is 5.05. The molecule has 0 radical (unpaired) electrons. The number of carbonyl (C=O) groups is 1. The molecule has 0 aliphatic heterocycles. The summed E-state index contributed by atoms with van der Waals surface area (Å²) in [5, 5.41) is 12.0. The minimum absolute atomic E-state index is 0.0255. The highest BCUT2D eigenvalue weighted by molar-refractivity contribution is 7.98. The van der Waals surface area contributed by atoms with Gasteiger partial charge in [-0.15, -0.1) is 5.10 Å². The van der Waals surface area contributed by atoms with Crippen molar-refractivity contribution in [2.75, 3.05) is 7.11 Å². The van der Waals surface area contributed by atoms with Crippen LogP contribution in [-0.2, 0) is 21.8 Å². The summed E-state index contributed by atoms with van der Waals surface area (Å²) in [7, 11) is 1.35. The van der Waals surface area contributed by atoms with E-state index in [1.165, 1.54) is 45.8 Å². The molecular formula is C14H18N4O2S. The van der Waals surface area contributed by atoms with Crippen LogP contribution in [-0.4, -0.2) is 33.3 Å². The molecule has 7 heteroatoms. The van der Waals surface area contributed by atoms with Gasteiger partial charge in [0, 0.05) is 5.75 Å². The predicted octanol–water partition coefficient (Wildman–Crippen LogP) is 2.06. The highest BCUT2D eigenvalue weighted by Crippen LogP contribution is 2.25. The van der Waals surface area contributed by atoms with Gasteiger partial charge in [-0.3, -0.25) is 4.79 Å². The topological polar surface area (TPSA) is 69.9 Å². The Bertz CT molecular complexity index is 631. The van der Waals surface area contributed by atoms with E-state index in [4.69, 9.17) is 0 Å². The fraction of sp³-hybridized carbons (Fsp3) is 0.429. The first-order chi connectivity index (χ1) is 10.0. The first-order valence-electron chi connectivity index (χ1n) is 6.53. The van der Waals surface area contributed by atoms with Gasteiger partial charge in [-0.2, -0.15) is 0 Å². The quantitative estimate of drug-likeness (QED) is 0.622. The molecule has 1 aromatic heterocycles. The number of thioether (sulfide) groups is 1. The molecule has 0 N–H and O–H groups in total. The molecule has 0 bridgehead atoms. The molecule has 0 unspecified atom stereocenters. The van der Waals surface area contributed by atoms with Crippen LogP contribution in [0.5, 0.6) is 0 Å². The number of aromatic nitrogens is 4. The van der Waals surface area contributed by atoms with Crippen molar-refractivity contribution in [2.45, 2.75) is 38.2 Å². The standard InChI is InChI=1S/C14H18N4O2S/c1-9-5-10(2)12(11(3)6-9)8-21-14-15-16-17-18(14)7-13(19)20-4/h5-6H,7-8H2,1-4H3. The van der Waals surface area contributed by atoms with Gasteiger partial charge >= 0.3 is 5.97 Å². The lowest BCUT2D eigenvalue weighted by Gasteiger charge is -2.10. The van der Waals surface area contributed by atoms with Crippen LogP contribution in [0.1, 0.15) is 22.3 Å². The number of rotatable bonds is 5. The lowest BCUT2D eigenvalue weighted by molar-refractivity contribution is -0.141. The summed E-state index contributed by atoms with van der Waals surface area (Å²) in [6.45, 7) is 6.33. The van der Waals surface area contributed by atoms with Gasteiger partial charge < -0.3 is 4.74 Å². The van der Waals surface area contributed by atoms with Gasteiger partial charge in [0.15, 0.2) is 0 Å². The Labute approximate surface area is 127 Å². The number of aryl methyl sites for hydroxylation is 3. The largest absolute Gasteiger partial charge is 0.468 e. The summed E-state index contributed by atoms with van der Waals surface area (Å²) in [4.78, 5) is 11.3. The van der Waals surface area contributed by atoms with E-state index in [0.29, 0.717) is 5.16 Å². The van der Waals surface area contributed by atoms with E-state index in [0.717, 1.165) is 5.75 Å². The summed E-state index contributed by atoms with van der Waals surface area (Å²) >= 11 is 1.51. The van der Waals surface area contributed by atoms with Crippen molar-refractivity contribution >= 4 is 17.7 Å². The average molecular weight is 306 g/mol. The number of esters is 1. The third-order valence-corrected chi connectivity index (χ3v) is 4.18. The molecule has 0 saturated carbocycles. The highest BCUT2D eigenvalue weighted by Gasteiger charge is 2.12. The zero-order valence-electron chi connectivity index (χ0n) is 12.6. The summed E-state index contributed by atoms with van der Waals surface area (Å²) in [5.74, 6) is 0.395. The third kappa shape index (κ3) is 3.81. The molecule has 2 rings (SSSR count). The molecule has 1 heterocycles. The average Bonchev–Trinajstić information content (AvgIpc) is 2.84. The Kier molecular flexibility index (Phi) is 4.95. The van der Waals surface area contributed by atoms with Gasteiger partial charge in [-0.1, -0.05) is 29.5 Å². The molecule has 0 saturated heterocycles. The minimum atomic E-state index is -0.369. The fourth-order valence-electron chi connectivity index (χ4n) is 2.16. The molecule has 1 aromatic carbocycles. The van der Waals surface area contributed by atoms with Gasteiger partial charge in [-0.25, -0.2) is 4.68 Å². The second-order valence-corrected chi connectivity index (χ2v) is 5.80. The summed E-state index contributed by atoms with van der Waals surface area (Å²) < 4.78 is 6.08. The van der Waals surface area contributed by atoms with Gasteiger partial charge in [-0.05, 0) is 47.9 Å². The molecular weight excluding hydrogens is 288 g/mol. The Balaban J connectivity index is 2.11. The van der Waals surface area contributed by atoms with Crippen LogP contribution in [0.2, 0.25) is 0 Å². The number of carbonyl (C=O) groups excluding carboxylic acids is 1. The maximum Gasteiger partial charge on any atom is 0.327 e. The first-order valence-corrected chi connectivity index (χ1v) is 7.52. The zero-order chi connectivity index (χ0) is 15.4. The van der Waals surface area contributed by atoms with Crippen molar-refractivity contribution in [1.29, 1.82) is 0 Å². The number of nitrogens with zero attached hydrogens (tertiary/aromatic N) is 4. The van der Waals surface area contributed by atoms with Crippen molar-refractivity contribution in [3.8, 4) is 0 Å². The van der Waals surface area contributed by atoms with Crippen LogP contribution in [0.4, 0.5) is 0 Å².